The minimum atomic E-state index is -1.91. The maximum atomic E-state index is 12.6. The second-order valence-electron chi connectivity index (χ2n) is 7.73. The van der Waals surface area contributed by atoms with Gasteiger partial charge < -0.3 is 61.0 Å². The van der Waals surface area contributed by atoms with E-state index in [1.807, 2.05) is 0 Å². The molecular weight excluding hydrogens is 456 g/mol. The van der Waals surface area contributed by atoms with Crippen LogP contribution >= 0.6 is 12.6 Å². The molecule has 32 heavy (non-hydrogen) atoms. The fraction of sp³-hybridized carbons (Fsp3) is 0.882. The Morgan fingerprint density at radius 1 is 0.938 bits per heavy atom. The third-order valence-corrected chi connectivity index (χ3v) is 5.80. The van der Waals surface area contributed by atoms with Gasteiger partial charge in [-0.05, 0) is 0 Å². The van der Waals surface area contributed by atoms with Crippen LogP contribution in [0, 0.1) is 0 Å². The van der Waals surface area contributed by atoms with Crippen LogP contribution in [0.25, 0.3) is 0 Å². The van der Waals surface area contributed by atoms with Crippen molar-refractivity contribution < 1.29 is 59.9 Å². The first kappa shape index (κ1) is 27.1. The number of amides is 2. The quantitative estimate of drug-likeness (QED) is 0.151. The van der Waals surface area contributed by atoms with Crippen molar-refractivity contribution in [3.8, 4) is 0 Å². The third kappa shape index (κ3) is 5.68. The largest absolute Gasteiger partial charge is 0.394 e. The fourth-order valence-corrected chi connectivity index (χ4v) is 3.83. The zero-order valence-electron chi connectivity index (χ0n) is 17.0. The summed E-state index contributed by atoms with van der Waals surface area (Å²) in [5, 5.41) is 84.6. The Balaban J connectivity index is 2.27. The minimum absolute atomic E-state index is 0.126. The van der Waals surface area contributed by atoms with Crippen LogP contribution in [0.3, 0.4) is 0 Å². The van der Waals surface area contributed by atoms with E-state index in [1.54, 1.807) is 0 Å². The van der Waals surface area contributed by atoms with Crippen molar-refractivity contribution in [2.45, 2.75) is 80.2 Å². The zero-order chi connectivity index (χ0) is 24.3. The van der Waals surface area contributed by atoms with E-state index >= 15 is 0 Å². The second-order valence-corrected chi connectivity index (χ2v) is 8.10. The van der Waals surface area contributed by atoms with Gasteiger partial charge in [0, 0.05) is 12.7 Å². The number of nitrogens with one attached hydrogen (secondary N) is 2. The topological polar surface area (TPSA) is 238 Å². The molecule has 0 bridgehead atoms. The summed E-state index contributed by atoms with van der Waals surface area (Å²) in [7, 11) is 0. The molecule has 0 aromatic heterocycles. The molecule has 1 saturated heterocycles. The molecule has 186 valence electrons. The van der Waals surface area contributed by atoms with E-state index in [2.05, 4.69) is 23.3 Å². The molecule has 0 radical (unpaired) electrons. The van der Waals surface area contributed by atoms with Gasteiger partial charge in [-0.1, -0.05) is 0 Å². The molecule has 10 N–H and O–H groups in total. The summed E-state index contributed by atoms with van der Waals surface area (Å²) in [4.78, 5) is 23.8. The number of carbonyl (C=O) groups excluding carboxylic acids is 2. The van der Waals surface area contributed by atoms with Crippen LogP contribution in [0.1, 0.15) is 6.92 Å². The highest BCUT2D eigenvalue weighted by Crippen LogP contribution is 2.29. The maximum absolute atomic E-state index is 12.6. The number of hydrogen-bond donors (Lipinski definition) is 11. The van der Waals surface area contributed by atoms with Gasteiger partial charge in [-0.3, -0.25) is 9.59 Å². The number of rotatable bonds is 7. The Morgan fingerprint density at radius 3 is 1.94 bits per heavy atom. The van der Waals surface area contributed by atoms with Gasteiger partial charge in [-0.2, -0.15) is 12.6 Å². The lowest BCUT2D eigenvalue weighted by molar-refractivity contribution is -0.319. The second kappa shape index (κ2) is 11.3. The first-order chi connectivity index (χ1) is 14.9. The first-order valence-electron chi connectivity index (χ1n) is 9.81. The van der Waals surface area contributed by atoms with Crippen LogP contribution < -0.4 is 10.6 Å². The standard InChI is InChI=1S/C17H30N2O12S/c1-4(21)18-5(3-32)16(29)19-7-9(23)8(22)6(2-20)30-17(7)31-15-13(27)11(25)10(24)12(26)14(15)28/h5-15,17,20,22-28,32H,2-3H2,1H3,(H,18,21)(H,19,29)/t5-,6?,7?,8?,9?,10?,11?,12?,13?,14?,15?,17?/m1/s1. The lowest BCUT2D eigenvalue weighted by atomic mass is 9.84. The molecular formula is C17H30N2O12S. The zero-order valence-corrected chi connectivity index (χ0v) is 17.9. The van der Waals surface area contributed by atoms with E-state index in [0.717, 1.165) is 0 Å². The minimum Gasteiger partial charge on any atom is -0.394 e. The average molecular weight is 486 g/mol. The van der Waals surface area contributed by atoms with Crippen LogP contribution in [-0.2, 0) is 19.1 Å². The van der Waals surface area contributed by atoms with Crippen LogP contribution in [0.4, 0.5) is 0 Å². The lowest BCUT2D eigenvalue weighted by Crippen LogP contribution is -2.69. The lowest BCUT2D eigenvalue weighted by Gasteiger charge is -2.47. The van der Waals surface area contributed by atoms with Gasteiger partial charge in [-0.25, -0.2) is 0 Å². The number of carbonyl (C=O) groups is 2. The number of ether oxygens (including phenoxy) is 2. The van der Waals surface area contributed by atoms with Crippen LogP contribution in [0.5, 0.6) is 0 Å². The third-order valence-electron chi connectivity index (χ3n) is 5.43. The molecule has 1 heterocycles. The predicted molar refractivity (Wildman–Crippen MR) is 106 cm³/mol. The molecule has 10 atom stereocenters. The molecule has 1 aliphatic heterocycles. The summed E-state index contributed by atoms with van der Waals surface area (Å²) >= 11 is 3.97. The van der Waals surface area contributed by atoms with Crippen molar-refractivity contribution in [2.24, 2.45) is 0 Å². The van der Waals surface area contributed by atoms with Crippen LogP contribution in [-0.4, -0.2) is 138 Å². The Bertz CT molecular complexity index is 643. The summed E-state index contributed by atoms with van der Waals surface area (Å²) < 4.78 is 10.8. The molecule has 2 aliphatic rings. The van der Waals surface area contributed by atoms with E-state index in [9.17, 15) is 50.4 Å². The van der Waals surface area contributed by atoms with Gasteiger partial charge in [0.2, 0.25) is 11.8 Å². The number of thiol groups is 1. The van der Waals surface area contributed by atoms with E-state index in [0.29, 0.717) is 0 Å². The molecule has 14 nitrogen and oxygen atoms in total. The van der Waals surface area contributed by atoms with Crippen molar-refractivity contribution in [3.63, 3.8) is 0 Å². The van der Waals surface area contributed by atoms with Crippen molar-refractivity contribution in [1.82, 2.24) is 10.6 Å². The Hall–Kier alpha value is -1.11. The maximum Gasteiger partial charge on any atom is 0.243 e. The van der Waals surface area contributed by atoms with Crippen LogP contribution in [0.15, 0.2) is 0 Å². The van der Waals surface area contributed by atoms with E-state index < -0.39 is 91.7 Å². The molecule has 2 rings (SSSR count). The van der Waals surface area contributed by atoms with E-state index in [4.69, 9.17) is 9.47 Å². The van der Waals surface area contributed by atoms with Gasteiger partial charge in [-0.15, -0.1) is 0 Å². The smallest absolute Gasteiger partial charge is 0.243 e. The molecule has 0 aromatic carbocycles. The average Bonchev–Trinajstić information content (AvgIpc) is 2.76. The van der Waals surface area contributed by atoms with Gasteiger partial charge >= 0.3 is 0 Å². The highest BCUT2D eigenvalue weighted by Gasteiger charge is 2.53. The molecule has 1 saturated carbocycles. The summed E-state index contributed by atoms with van der Waals surface area (Å²) in [5.74, 6) is -1.51. The molecule has 0 aromatic rings. The van der Waals surface area contributed by atoms with Crippen LogP contribution in [0.2, 0.25) is 0 Å². The van der Waals surface area contributed by atoms with Crippen molar-refractivity contribution in [2.75, 3.05) is 12.4 Å². The van der Waals surface area contributed by atoms with E-state index in [1.165, 1.54) is 6.92 Å². The first-order valence-corrected chi connectivity index (χ1v) is 10.4. The molecule has 2 amide bonds. The Morgan fingerprint density at radius 2 is 1.47 bits per heavy atom. The molecule has 15 heteroatoms. The fourth-order valence-electron chi connectivity index (χ4n) is 3.57. The predicted octanol–water partition coefficient (Wildman–Crippen LogP) is -6.45. The summed E-state index contributed by atoms with van der Waals surface area (Å²) in [6.45, 7) is 0.393. The number of hydrogen-bond acceptors (Lipinski definition) is 13. The monoisotopic (exact) mass is 486 g/mol. The summed E-state index contributed by atoms with van der Waals surface area (Å²) in [6, 6.07) is -2.68. The number of aliphatic hydroxyl groups is 8. The molecule has 0 spiro atoms. The van der Waals surface area contributed by atoms with Crippen molar-refractivity contribution >= 4 is 24.4 Å². The molecule has 9 unspecified atom stereocenters. The normalized spacial score (nSPS) is 43.4. The van der Waals surface area contributed by atoms with Gasteiger partial charge in [0.05, 0.1) is 6.61 Å². The van der Waals surface area contributed by atoms with Crippen molar-refractivity contribution in [3.05, 3.63) is 0 Å². The van der Waals surface area contributed by atoms with Gasteiger partial charge in [0.1, 0.15) is 67.0 Å². The Kier molecular flexibility index (Phi) is 9.62. The molecule has 2 fully saturated rings. The van der Waals surface area contributed by atoms with E-state index in [-0.39, 0.29) is 5.75 Å². The Labute approximate surface area is 188 Å². The SMILES string of the molecule is CC(=O)N[C@H](CS)C(=O)NC1C(OC2C(O)C(O)C(O)C(O)C2O)OC(CO)C(O)C1O. The van der Waals surface area contributed by atoms with Crippen molar-refractivity contribution in [1.29, 1.82) is 0 Å². The summed E-state index contributed by atoms with van der Waals surface area (Å²) in [6.07, 6.45) is -17.8. The highest BCUT2D eigenvalue weighted by atomic mass is 32.1. The van der Waals surface area contributed by atoms with Gasteiger partial charge in [0.25, 0.3) is 0 Å². The van der Waals surface area contributed by atoms with Gasteiger partial charge in [0.15, 0.2) is 6.29 Å². The number of aliphatic hydroxyl groups excluding tert-OH is 8. The molecule has 1 aliphatic carbocycles. The summed E-state index contributed by atoms with van der Waals surface area (Å²) in [5.41, 5.74) is 0. The highest BCUT2D eigenvalue weighted by molar-refractivity contribution is 7.80.